The first-order valence-electron chi connectivity index (χ1n) is 11.2. The number of rotatable bonds is 6. The van der Waals surface area contributed by atoms with Gasteiger partial charge in [-0.05, 0) is 67.5 Å². The van der Waals surface area contributed by atoms with E-state index in [4.69, 9.17) is 4.74 Å². The number of piperidine rings is 1. The summed E-state index contributed by atoms with van der Waals surface area (Å²) in [6.45, 7) is 1.33. The molecule has 1 aliphatic carbocycles. The van der Waals surface area contributed by atoms with Crippen molar-refractivity contribution in [1.82, 2.24) is 9.97 Å². The molecule has 1 saturated carbocycles. The lowest BCUT2D eigenvalue weighted by molar-refractivity contribution is -0.0328. The summed E-state index contributed by atoms with van der Waals surface area (Å²) in [5, 5.41) is 13.2. The van der Waals surface area contributed by atoms with Crippen LogP contribution in [0.5, 0.6) is 5.88 Å². The third-order valence-electron chi connectivity index (χ3n) is 6.71. The Hall–Kier alpha value is -2.05. The predicted molar refractivity (Wildman–Crippen MR) is 124 cm³/mol. The molecule has 2 N–H and O–H groups in total. The highest BCUT2D eigenvalue weighted by Crippen LogP contribution is 2.41. The molecule has 0 spiro atoms. The van der Waals surface area contributed by atoms with Crippen molar-refractivity contribution in [3.8, 4) is 5.88 Å². The molecule has 3 aliphatic rings. The van der Waals surface area contributed by atoms with Gasteiger partial charge >= 0.3 is 5.51 Å². The summed E-state index contributed by atoms with van der Waals surface area (Å²) in [6.07, 6.45) is 4.26. The molecule has 0 amide bonds. The van der Waals surface area contributed by atoms with Gasteiger partial charge in [0.2, 0.25) is 11.8 Å². The van der Waals surface area contributed by atoms with Crippen LogP contribution in [-0.2, 0) is 10.8 Å². The number of hydrogen-bond acceptors (Lipinski definition) is 8. The van der Waals surface area contributed by atoms with E-state index in [0.717, 1.165) is 37.7 Å². The number of fused-ring (bicyclic) bond motifs is 1. The molecule has 1 aromatic heterocycles. The Morgan fingerprint density at radius 1 is 1.21 bits per heavy atom. The fourth-order valence-electron chi connectivity index (χ4n) is 4.65. The number of aliphatic hydroxyl groups is 1. The Morgan fingerprint density at radius 3 is 2.50 bits per heavy atom. The molecule has 1 atom stereocenters. The van der Waals surface area contributed by atoms with Crippen molar-refractivity contribution in [1.29, 1.82) is 0 Å². The van der Waals surface area contributed by atoms with Gasteiger partial charge in [-0.25, -0.2) is 0 Å². The number of hydrogen-bond donors (Lipinski definition) is 2. The van der Waals surface area contributed by atoms with Gasteiger partial charge in [-0.1, -0.05) is 12.1 Å². The van der Waals surface area contributed by atoms with Crippen LogP contribution in [-0.4, -0.2) is 56.0 Å². The normalized spacial score (nSPS) is 22.1. The van der Waals surface area contributed by atoms with Crippen LogP contribution in [0.15, 0.2) is 34.1 Å². The van der Waals surface area contributed by atoms with Gasteiger partial charge in [0.25, 0.3) is 0 Å². The second kappa shape index (κ2) is 9.19. The van der Waals surface area contributed by atoms with Gasteiger partial charge < -0.3 is 20.1 Å². The van der Waals surface area contributed by atoms with Gasteiger partial charge in [-0.3, -0.25) is 4.21 Å². The van der Waals surface area contributed by atoms with E-state index in [9.17, 15) is 22.5 Å². The number of nitrogens with one attached hydrogen (secondary N) is 1. The molecule has 184 valence electrons. The summed E-state index contributed by atoms with van der Waals surface area (Å²) < 4.78 is 55.8. The van der Waals surface area contributed by atoms with Gasteiger partial charge in [0.05, 0.1) is 12.1 Å². The fourth-order valence-corrected chi connectivity index (χ4v) is 6.14. The third kappa shape index (κ3) is 4.85. The van der Waals surface area contributed by atoms with Crippen LogP contribution in [0.3, 0.4) is 0 Å². The van der Waals surface area contributed by atoms with Crippen LogP contribution in [0.25, 0.3) is 0 Å². The summed E-state index contributed by atoms with van der Waals surface area (Å²) >= 11 is -0.104. The number of alkyl halides is 3. The molecule has 0 bridgehead atoms. The highest BCUT2D eigenvalue weighted by molar-refractivity contribution is 8.00. The molecular weight excluding hydrogens is 489 g/mol. The van der Waals surface area contributed by atoms with E-state index in [1.165, 1.54) is 12.1 Å². The summed E-state index contributed by atoms with van der Waals surface area (Å²) in [5.41, 5.74) is -3.71. The molecule has 2 fully saturated rings. The summed E-state index contributed by atoms with van der Waals surface area (Å²) in [7, 11) is -1.36. The number of aliphatic hydroxyl groups excluding tert-OH is 1. The molecule has 1 unspecified atom stereocenters. The SMILES string of the molecule is O=S1COc2nc(N3CCC(c4ccc(SC(F)(F)F)cc4)CC3)nc(NC3(CO)CCC3)c21. The number of ether oxygens (including phenoxy) is 1. The molecule has 2 aromatic rings. The van der Waals surface area contributed by atoms with Crippen molar-refractivity contribution in [2.24, 2.45) is 0 Å². The molecule has 5 rings (SSSR count). The van der Waals surface area contributed by atoms with E-state index < -0.39 is 21.8 Å². The highest BCUT2D eigenvalue weighted by Gasteiger charge is 2.39. The van der Waals surface area contributed by atoms with Gasteiger partial charge in [-0.2, -0.15) is 23.1 Å². The van der Waals surface area contributed by atoms with Crippen LogP contribution >= 0.6 is 11.8 Å². The molecule has 12 heteroatoms. The maximum Gasteiger partial charge on any atom is 0.446 e. The van der Waals surface area contributed by atoms with Crippen LogP contribution in [0.4, 0.5) is 24.9 Å². The molecule has 1 saturated heterocycles. The molecule has 7 nitrogen and oxygen atoms in total. The second-order valence-electron chi connectivity index (χ2n) is 8.91. The minimum absolute atomic E-state index is 0.0275. The lowest BCUT2D eigenvalue weighted by Crippen LogP contribution is -2.48. The highest BCUT2D eigenvalue weighted by atomic mass is 32.2. The zero-order valence-corrected chi connectivity index (χ0v) is 19.9. The molecule has 34 heavy (non-hydrogen) atoms. The monoisotopic (exact) mass is 514 g/mol. The Labute approximate surface area is 202 Å². The Morgan fingerprint density at radius 2 is 1.91 bits per heavy atom. The second-order valence-corrected chi connectivity index (χ2v) is 11.4. The maximum absolute atomic E-state index is 12.6. The molecular formula is C22H25F3N4O3S2. The van der Waals surface area contributed by atoms with Gasteiger partial charge in [-0.15, -0.1) is 0 Å². The third-order valence-corrected chi connectivity index (χ3v) is 8.61. The van der Waals surface area contributed by atoms with Crippen molar-refractivity contribution in [2.45, 2.75) is 58.9 Å². The first kappa shape index (κ1) is 23.7. The predicted octanol–water partition coefficient (Wildman–Crippen LogP) is 4.26. The Balaban J connectivity index is 1.29. The lowest BCUT2D eigenvalue weighted by Gasteiger charge is -2.41. The van der Waals surface area contributed by atoms with E-state index in [-0.39, 0.29) is 35.1 Å². The largest absolute Gasteiger partial charge is 0.463 e. The molecule has 3 heterocycles. The van der Waals surface area contributed by atoms with Gasteiger partial charge in [0.15, 0.2) is 11.8 Å². The summed E-state index contributed by atoms with van der Waals surface area (Å²) in [5.74, 6) is 1.55. The van der Waals surface area contributed by atoms with E-state index in [0.29, 0.717) is 35.6 Å². The average molecular weight is 515 g/mol. The molecule has 0 radical (unpaired) electrons. The van der Waals surface area contributed by atoms with Crippen LogP contribution < -0.4 is 15.0 Å². The molecule has 2 aliphatic heterocycles. The van der Waals surface area contributed by atoms with Gasteiger partial charge in [0.1, 0.15) is 15.7 Å². The number of halogens is 3. The summed E-state index contributed by atoms with van der Waals surface area (Å²) in [6, 6.07) is 6.60. The van der Waals surface area contributed by atoms with E-state index in [2.05, 4.69) is 15.3 Å². The molecule has 1 aromatic carbocycles. The lowest BCUT2D eigenvalue weighted by atomic mass is 9.77. The minimum atomic E-state index is -4.29. The summed E-state index contributed by atoms with van der Waals surface area (Å²) in [4.78, 5) is 11.9. The van der Waals surface area contributed by atoms with Gasteiger partial charge in [0, 0.05) is 18.0 Å². The zero-order chi connectivity index (χ0) is 23.9. The number of thioether (sulfide) groups is 1. The Bertz CT molecular complexity index is 1070. The van der Waals surface area contributed by atoms with Crippen LogP contribution in [0.1, 0.15) is 43.6 Å². The van der Waals surface area contributed by atoms with Crippen molar-refractivity contribution < 1.29 is 27.2 Å². The van der Waals surface area contributed by atoms with Crippen molar-refractivity contribution >= 4 is 34.3 Å². The maximum atomic E-state index is 12.6. The van der Waals surface area contributed by atoms with Crippen LogP contribution in [0.2, 0.25) is 0 Å². The first-order chi connectivity index (χ1) is 16.3. The fraction of sp³-hybridized carbons (Fsp3) is 0.545. The van der Waals surface area contributed by atoms with E-state index in [1.54, 1.807) is 12.1 Å². The van der Waals surface area contributed by atoms with E-state index >= 15 is 0 Å². The topological polar surface area (TPSA) is 87.6 Å². The quantitative estimate of drug-likeness (QED) is 0.553. The minimum Gasteiger partial charge on any atom is -0.463 e. The zero-order valence-electron chi connectivity index (χ0n) is 18.3. The average Bonchev–Trinajstić information content (AvgIpc) is 3.17. The standard InChI is InChI=1S/C22H25F3N4O3S2/c23-22(24,25)33-16-4-2-14(3-5-16)15-6-10-29(11-7-15)20-26-18(28-21(12-30)8-1-9-21)17-19(27-20)32-13-34(17)31/h2-5,15,30H,1,6-13H2,(H,26,27,28). The number of aromatic nitrogens is 2. The number of nitrogens with zero attached hydrogens (tertiary/aromatic N) is 3. The van der Waals surface area contributed by atoms with Crippen molar-refractivity contribution in [2.75, 3.05) is 35.9 Å². The van der Waals surface area contributed by atoms with Crippen molar-refractivity contribution in [3.05, 3.63) is 29.8 Å². The number of anilines is 2. The number of benzene rings is 1. The van der Waals surface area contributed by atoms with E-state index in [1.807, 2.05) is 4.90 Å². The van der Waals surface area contributed by atoms with Crippen molar-refractivity contribution in [3.63, 3.8) is 0 Å². The Kier molecular flexibility index (Phi) is 6.40. The smallest absolute Gasteiger partial charge is 0.446 e. The first-order valence-corrected chi connectivity index (χ1v) is 13.3. The van der Waals surface area contributed by atoms with Crippen LogP contribution in [0, 0.1) is 0 Å².